The third-order valence-electron chi connectivity index (χ3n) is 2.75. The SMILES string of the molecule is C/C=C\C#CC#C/C=C/C(O)CCCCCCCC(=O)O. The van der Waals surface area contributed by atoms with Gasteiger partial charge in [0.25, 0.3) is 0 Å². The van der Waals surface area contributed by atoms with Crippen molar-refractivity contribution in [1.29, 1.82) is 0 Å². The molecule has 0 heterocycles. The van der Waals surface area contributed by atoms with Crippen molar-refractivity contribution in [3.8, 4) is 23.7 Å². The number of allylic oxidation sites excluding steroid dienone is 3. The molecule has 0 spiro atoms. The van der Waals surface area contributed by atoms with E-state index in [-0.39, 0.29) is 6.42 Å². The first-order valence-corrected chi connectivity index (χ1v) is 7.35. The first-order valence-electron chi connectivity index (χ1n) is 7.35. The number of carboxylic acid groups (broad SMARTS) is 1. The van der Waals surface area contributed by atoms with Gasteiger partial charge in [-0.25, -0.2) is 0 Å². The topological polar surface area (TPSA) is 57.5 Å². The third-order valence-corrected chi connectivity index (χ3v) is 2.75. The summed E-state index contributed by atoms with van der Waals surface area (Å²) in [6.45, 7) is 1.89. The summed E-state index contributed by atoms with van der Waals surface area (Å²) >= 11 is 0. The Kier molecular flexibility index (Phi) is 13.1. The van der Waals surface area contributed by atoms with Crippen molar-refractivity contribution in [3.05, 3.63) is 24.3 Å². The van der Waals surface area contributed by atoms with E-state index in [1.165, 1.54) is 0 Å². The van der Waals surface area contributed by atoms with Gasteiger partial charge in [0, 0.05) is 6.42 Å². The van der Waals surface area contributed by atoms with E-state index in [0.717, 1.165) is 32.1 Å². The van der Waals surface area contributed by atoms with Crippen LogP contribution in [0.1, 0.15) is 51.9 Å². The Balaban J connectivity index is 3.60. The lowest BCUT2D eigenvalue weighted by Gasteiger charge is -2.04. The lowest BCUT2D eigenvalue weighted by atomic mass is 10.1. The molecule has 0 radical (unpaired) electrons. The summed E-state index contributed by atoms with van der Waals surface area (Å²) in [5.41, 5.74) is 0. The van der Waals surface area contributed by atoms with Crippen molar-refractivity contribution in [1.82, 2.24) is 0 Å². The van der Waals surface area contributed by atoms with E-state index in [4.69, 9.17) is 5.11 Å². The van der Waals surface area contributed by atoms with E-state index in [0.29, 0.717) is 6.42 Å². The molecule has 0 aromatic heterocycles. The molecule has 0 amide bonds. The lowest BCUT2D eigenvalue weighted by molar-refractivity contribution is -0.137. The number of hydrogen-bond donors (Lipinski definition) is 2. The Morgan fingerprint density at radius 3 is 2.33 bits per heavy atom. The van der Waals surface area contributed by atoms with Crippen LogP contribution in [-0.2, 0) is 4.79 Å². The highest BCUT2D eigenvalue weighted by Gasteiger charge is 1.99. The van der Waals surface area contributed by atoms with Crippen LogP contribution in [0, 0.1) is 23.7 Å². The molecule has 0 saturated carbocycles. The fourth-order valence-electron chi connectivity index (χ4n) is 1.65. The zero-order valence-corrected chi connectivity index (χ0v) is 12.6. The normalized spacial score (nSPS) is 11.7. The van der Waals surface area contributed by atoms with Gasteiger partial charge < -0.3 is 10.2 Å². The monoisotopic (exact) mass is 288 g/mol. The Labute approximate surface area is 127 Å². The van der Waals surface area contributed by atoms with E-state index in [1.807, 2.05) is 13.0 Å². The molecule has 114 valence electrons. The molecular formula is C18H24O3. The highest BCUT2D eigenvalue weighted by atomic mass is 16.4. The average Bonchev–Trinajstić information content (AvgIpc) is 2.45. The second-order valence-electron chi connectivity index (χ2n) is 4.67. The van der Waals surface area contributed by atoms with Crippen LogP contribution in [0.5, 0.6) is 0 Å². The summed E-state index contributed by atoms with van der Waals surface area (Å²) in [4.78, 5) is 10.3. The standard InChI is InChI=1S/C18H24O3/c1-2-3-4-5-6-8-11-14-17(19)15-12-9-7-10-13-16-18(20)21/h2-3,11,14,17,19H,7,9-10,12-13,15-16H2,1H3,(H,20,21)/b3-2-,14-11+. The summed E-state index contributed by atoms with van der Waals surface area (Å²) < 4.78 is 0. The van der Waals surface area contributed by atoms with Gasteiger partial charge in [-0.05, 0) is 49.8 Å². The fraction of sp³-hybridized carbons (Fsp3) is 0.500. The number of aliphatic hydroxyl groups is 1. The first-order chi connectivity index (χ1) is 10.2. The predicted molar refractivity (Wildman–Crippen MR) is 85.5 cm³/mol. The van der Waals surface area contributed by atoms with Crippen molar-refractivity contribution >= 4 is 5.97 Å². The van der Waals surface area contributed by atoms with E-state index >= 15 is 0 Å². The van der Waals surface area contributed by atoms with Crippen LogP contribution in [-0.4, -0.2) is 22.3 Å². The van der Waals surface area contributed by atoms with Crippen LogP contribution in [0.3, 0.4) is 0 Å². The minimum Gasteiger partial charge on any atom is -0.481 e. The largest absolute Gasteiger partial charge is 0.481 e. The second-order valence-corrected chi connectivity index (χ2v) is 4.67. The zero-order chi connectivity index (χ0) is 15.8. The van der Waals surface area contributed by atoms with E-state index in [1.54, 1.807) is 18.2 Å². The van der Waals surface area contributed by atoms with Crippen LogP contribution in [0.25, 0.3) is 0 Å². The number of rotatable bonds is 9. The maximum atomic E-state index is 10.3. The zero-order valence-electron chi connectivity index (χ0n) is 12.6. The Morgan fingerprint density at radius 1 is 1.05 bits per heavy atom. The number of aliphatic hydroxyl groups excluding tert-OH is 1. The van der Waals surface area contributed by atoms with E-state index in [2.05, 4.69) is 23.7 Å². The Morgan fingerprint density at radius 2 is 1.67 bits per heavy atom. The highest BCUT2D eigenvalue weighted by molar-refractivity contribution is 5.66. The van der Waals surface area contributed by atoms with Crippen LogP contribution < -0.4 is 0 Å². The van der Waals surface area contributed by atoms with Crippen molar-refractivity contribution in [3.63, 3.8) is 0 Å². The van der Waals surface area contributed by atoms with E-state index < -0.39 is 12.1 Å². The number of carboxylic acids is 1. The molecule has 0 saturated heterocycles. The van der Waals surface area contributed by atoms with Gasteiger partial charge in [0.15, 0.2) is 0 Å². The minimum atomic E-state index is -0.730. The molecule has 0 aromatic rings. The van der Waals surface area contributed by atoms with Gasteiger partial charge in [-0.15, -0.1) is 0 Å². The molecule has 0 aliphatic carbocycles. The molecule has 0 aliphatic heterocycles. The summed E-state index contributed by atoms with van der Waals surface area (Å²) in [5, 5.41) is 18.2. The lowest BCUT2D eigenvalue weighted by Crippen LogP contribution is -2.01. The average molecular weight is 288 g/mol. The molecular weight excluding hydrogens is 264 g/mol. The highest BCUT2D eigenvalue weighted by Crippen LogP contribution is 2.09. The Bertz CT molecular complexity index is 452. The first kappa shape index (κ1) is 19.0. The van der Waals surface area contributed by atoms with Crippen molar-refractivity contribution in [2.45, 2.75) is 58.0 Å². The van der Waals surface area contributed by atoms with Gasteiger partial charge in [-0.1, -0.05) is 43.6 Å². The Hall–Kier alpha value is -1.97. The van der Waals surface area contributed by atoms with Gasteiger partial charge in [0.05, 0.1) is 6.10 Å². The van der Waals surface area contributed by atoms with Gasteiger partial charge in [0.1, 0.15) is 0 Å². The smallest absolute Gasteiger partial charge is 0.303 e. The minimum absolute atomic E-state index is 0.251. The number of hydrogen-bond acceptors (Lipinski definition) is 2. The summed E-state index contributed by atoms with van der Waals surface area (Å²) in [6.07, 6.45) is 12.0. The summed E-state index contributed by atoms with van der Waals surface area (Å²) in [7, 11) is 0. The molecule has 21 heavy (non-hydrogen) atoms. The number of unbranched alkanes of at least 4 members (excludes halogenated alkanes) is 4. The third kappa shape index (κ3) is 16.0. The molecule has 0 aromatic carbocycles. The van der Waals surface area contributed by atoms with Crippen LogP contribution in [0.2, 0.25) is 0 Å². The van der Waals surface area contributed by atoms with Crippen molar-refractivity contribution < 1.29 is 15.0 Å². The quantitative estimate of drug-likeness (QED) is 0.505. The summed E-state index contributed by atoms with van der Waals surface area (Å²) in [6, 6.07) is 0. The number of carbonyl (C=O) groups is 1. The molecule has 2 N–H and O–H groups in total. The molecule has 3 heteroatoms. The molecule has 0 aliphatic rings. The maximum absolute atomic E-state index is 10.3. The van der Waals surface area contributed by atoms with Gasteiger partial charge in [-0.2, -0.15) is 0 Å². The van der Waals surface area contributed by atoms with Gasteiger partial charge >= 0.3 is 5.97 Å². The molecule has 1 atom stereocenters. The van der Waals surface area contributed by atoms with Crippen LogP contribution in [0.4, 0.5) is 0 Å². The number of aliphatic carboxylic acids is 1. The van der Waals surface area contributed by atoms with E-state index in [9.17, 15) is 9.90 Å². The van der Waals surface area contributed by atoms with Crippen LogP contribution in [0.15, 0.2) is 24.3 Å². The molecule has 0 fully saturated rings. The second kappa shape index (κ2) is 14.4. The maximum Gasteiger partial charge on any atom is 0.303 e. The van der Waals surface area contributed by atoms with Gasteiger partial charge in [-0.3, -0.25) is 4.79 Å². The van der Waals surface area contributed by atoms with Gasteiger partial charge in [0.2, 0.25) is 0 Å². The molecule has 0 rings (SSSR count). The molecule has 1 unspecified atom stereocenters. The predicted octanol–water partition coefficient (Wildman–Crippen LogP) is 3.30. The van der Waals surface area contributed by atoms with Crippen molar-refractivity contribution in [2.24, 2.45) is 0 Å². The fourth-order valence-corrected chi connectivity index (χ4v) is 1.65. The summed E-state index contributed by atoms with van der Waals surface area (Å²) in [5.74, 6) is 10.1. The van der Waals surface area contributed by atoms with Crippen LogP contribution >= 0.6 is 0 Å². The molecule has 3 nitrogen and oxygen atoms in total. The van der Waals surface area contributed by atoms with Crippen molar-refractivity contribution in [2.75, 3.05) is 0 Å². The molecule has 0 bridgehead atoms.